The molecule has 0 aromatic heterocycles. The molecule has 0 fully saturated rings. The van der Waals surface area contributed by atoms with Crippen molar-refractivity contribution in [3.63, 3.8) is 0 Å². The van der Waals surface area contributed by atoms with Crippen LogP contribution in [-0.4, -0.2) is 36.2 Å². The summed E-state index contributed by atoms with van der Waals surface area (Å²) in [6.07, 6.45) is 0.316. The minimum absolute atomic E-state index is 0.0833. The summed E-state index contributed by atoms with van der Waals surface area (Å²) in [7, 11) is 1.56. The lowest BCUT2D eigenvalue weighted by atomic mass is 10.2. The van der Waals surface area contributed by atoms with E-state index in [4.69, 9.17) is 16.3 Å². The van der Waals surface area contributed by atoms with Gasteiger partial charge in [-0.15, -0.1) is 0 Å². The molecule has 1 aromatic rings. The molecular formula is C15H16ClN3O2S. The lowest BCUT2D eigenvalue weighted by molar-refractivity contribution is -0.115. The average molecular weight is 338 g/mol. The number of amides is 1. The van der Waals surface area contributed by atoms with Crippen molar-refractivity contribution >= 4 is 40.1 Å². The first-order valence-electron chi connectivity index (χ1n) is 6.90. The zero-order valence-corrected chi connectivity index (χ0v) is 13.9. The number of nitrogens with zero attached hydrogens (tertiary/aromatic N) is 2. The zero-order valence-electron chi connectivity index (χ0n) is 12.4. The molecule has 0 saturated heterocycles. The van der Waals surface area contributed by atoms with E-state index in [9.17, 15) is 4.79 Å². The molecule has 3 rings (SSSR count). The molecule has 0 saturated carbocycles. The second-order valence-corrected chi connectivity index (χ2v) is 6.31. The third-order valence-electron chi connectivity index (χ3n) is 3.55. The number of halogens is 1. The van der Waals surface area contributed by atoms with Gasteiger partial charge in [0.25, 0.3) is 0 Å². The quantitative estimate of drug-likeness (QED) is 0.916. The number of fused-ring (bicyclic) bond motifs is 1. The van der Waals surface area contributed by atoms with E-state index in [0.717, 1.165) is 29.5 Å². The minimum Gasteiger partial charge on any atom is -0.495 e. The monoisotopic (exact) mass is 337 g/mol. The highest BCUT2D eigenvalue weighted by molar-refractivity contribution is 8.16. The first-order valence-corrected chi connectivity index (χ1v) is 8.16. The number of methoxy groups -OCH3 is 1. The van der Waals surface area contributed by atoms with Crippen molar-refractivity contribution in [2.75, 3.05) is 25.5 Å². The van der Waals surface area contributed by atoms with E-state index in [2.05, 4.69) is 15.2 Å². The lowest BCUT2D eigenvalue weighted by Crippen LogP contribution is -2.24. The van der Waals surface area contributed by atoms with Crippen LogP contribution in [0.15, 0.2) is 28.2 Å². The number of thioether (sulfide) groups is 1. The summed E-state index contributed by atoms with van der Waals surface area (Å²) < 4.78 is 5.27. The van der Waals surface area contributed by atoms with Gasteiger partial charge in [-0.25, -0.2) is 0 Å². The molecule has 2 heterocycles. The summed E-state index contributed by atoms with van der Waals surface area (Å²) >= 11 is 7.65. The number of anilines is 1. The van der Waals surface area contributed by atoms with Crippen LogP contribution in [0.3, 0.4) is 0 Å². The Bertz CT molecular complexity index is 688. The Morgan fingerprint density at radius 3 is 3.14 bits per heavy atom. The molecule has 22 heavy (non-hydrogen) atoms. The van der Waals surface area contributed by atoms with E-state index >= 15 is 0 Å². The van der Waals surface area contributed by atoms with E-state index in [1.807, 2.05) is 18.4 Å². The number of hydrogen-bond donors (Lipinski definition) is 1. The molecule has 2 aliphatic rings. The fourth-order valence-electron chi connectivity index (χ4n) is 2.40. The largest absolute Gasteiger partial charge is 0.495 e. The van der Waals surface area contributed by atoms with Gasteiger partial charge in [0, 0.05) is 23.3 Å². The van der Waals surface area contributed by atoms with Crippen LogP contribution in [0.1, 0.15) is 12.0 Å². The molecule has 0 radical (unpaired) electrons. The normalized spacial score (nSPS) is 16.2. The third kappa shape index (κ3) is 2.94. The second kappa shape index (κ2) is 6.22. The SMILES string of the molecule is COc1cc(Cl)c(C)cc1NC(=O)CC1=CSC2=NCCN12. The smallest absolute Gasteiger partial charge is 0.230 e. The first kappa shape index (κ1) is 15.2. The van der Waals surface area contributed by atoms with Gasteiger partial charge in [0.2, 0.25) is 5.91 Å². The first-order chi connectivity index (χ1) is 10.6. The molecule has 5 nitrogen and oxygen atoms in total. The van der Waals surface area contributed by atoms with Gasteiger partial charge in [-0.2, -0.15) is 0 Å². The number of hydrogen-bond acceptors (Lipinski definition) is 5. The summed E-state index contributed by atoms with van der Waals surface area (Å²) in [5.74, 6) is 0.474. The summed E-state index contributed by atoms with van der Waals surface area (Å²) in [5.41, 5.74) is 2.52. The van der Waals surface area contributed by atoms with Crippen LogP contribution >= 0.6 is 23.4 Å². The van der Waals surface area contributed by atoms with Gasteiger partial charge in [-0.3, -0.25) is 9.79 Å². The summed E-state index contributed by atoms with van der Waals surface area (Å²) in [6.45, 7) is 3.54. The highest BCUT2D eigenvalue weighted by Gasteiger charge is 2.27. The van der Waals surface area contributed by atoms with Crippen LogP contribution in [0.25, 0.3) is 0 Å². The maximum Gasteiger partial charge on any atom is 0.230 e. The maximum atomic E-state index is 12.3. The number of benzene rings is 1. The average Bonchev–Trinajstić information content (AvgIpc) is 3.07. The Kier molecular flexibility index (Phi) is 4.31. The van der Waals surface area contributed by atoms with E-state index < -0.39 is 0 Å². The molecule has 1 amide bonds. The van der Waals surface area contributed by atoms with Crippen LogP contribution in [-0.2, 0) is 4.79 Å². The van der Waals surface area contributed by atoms with Crippen LogP contribution in [0.2, 0.25) is 5.02 Å². The third-order valence-corrected chi connectivity index (χ3v) is 4.90. The van der Waals surface area contributed by atoms with E-state index in [1.165, 1.54) is 0 Å². The Labute approximate surface area is 138 Å². The van der Waals surface area contributed by atoms with E-state index in [0.29, 0.717) is 22.9 Å². The van der Waals surface area contributed by atoms with Crippen molar-refractivity contribution < 1.29 is 9.53 Å². The topological polar surface area (TPSA) is 53.9 Å². The van der Waals surface area contributed by atoms with Gasteiger partial charge < -0.3 is 15.0 Å². The molecule has 0 atom stereocenters. The Morgan fingerprint density at radius 1 is 1.55 bits per heavy atom. The Hall–Kier alpha value is -1.66. The van der Waals surface area contributed by atoms with Crippen LogP contribution in [0.5, 0.6) is 5.75 Å². The van der Waals surface area contributed by atoms with E-state index in [1.54, 1.807) is 24.9 Å². The van der Waals surface area contributed by atoms with Crippen molar-refractivity contribution in [3.05, 3.63) is 33.8 Å². The summed E-state index contributed by atoms with van der Waals surface area (Å²) in [4.78, 5) is 18.8. The van der Waals surface area contributed by atoms with Crippen molar-refractivity contribution in [1.82, 2.24) is 4.90 Å². The molecule has 1 aromatic carbocycles. The van der Waals surface area contributed by atoms with Gasteiger partial charge in [0.1, 0.15) is 5.75 Å². The molecule has 2 aliphatic heterocycles. The fraction of sp³-hybridized carbons (Fsp3) is 0.333. The minimum atomic E-state index is -0.0833. The number of aliphatic imine (C=N–C) groups is 1. The van der Waals surface area contributed by atoms with Gasteiger partial charge in [-0.05, 0) is 24.0 Å². The number of amidine groups is 1. The highest BCUT2D eigenvalue weighted by atomic mass is 35.5. The molecular weight excluding hydrogens is 322 g/mol. The number of carbonyl (C=O) groups excluding carboxylic acids is 1. The van der Waals surface area contributed by atoms with Gasteiger partial charge in [0.05, 0.1) is 25.8 Å². The van der Waals surface area contributed by atoms with Crippen LogP contribution in [0, 0.1) is 6.92 Å². The van der Waals surface area contributed by atoms with Gasteiger partial charge >= 0.3 is 0 Å². The number of nitrogens with one attached hydrogen (secondary N) is 1. The number of aryl methyl sites for hydroxylation is 1. The fourth-order valence-corrected chi connectivity index (χ4v) is 3.51. The van der Waals surface area contributed by atoms with Crippen molar-refractivity contribution in [2.24, 2.45) is 4.99 Å². The van der Waals surface area contributed by atoms with Gasteiger partial charge in [-0.1, -0.05) is 23.4 Å². The van der Waals surface area contributed by atoms with Crippen molar-refractivity contribution in [2.45, 2.75) is 13.3 Å². The van der Waals surface area contributed by atoms with Crippen LogP contribution < -0.4 is 10.1 Å². The van der Waals surface area contributed by atoms with Crippen molar-refractivity contribution in [1.29, 1.82) is 0 Å². The molecule has 1 N–H and O–H groups in total. The predicted octanol–water partition coefficient (Wildman–Crippen LogP) is 3.25. The number of carbonyl (C=O) groups is 1. The molecule has 0 unspecified atom stereocenters. The molecule has 116 valence electrons. The number of rotatable bonds is 4. The zero-order chi connectivity index (χ0) is 15.7. The summed E-state index contributed by atoms with van der Waals surface area (Å²) in [6, 6.07) is 3.53. The van der Waals surface area contributed by atoms with Crippen LogP contribution in [0.4, 0.5) is 5.69 Å². The molecule has 7 heteroatoms. The van der Waals surface area contributed by atoms with Gasteiger partial charge in [0.15, 0.2) is 5.17 Å². The molecule has 0 spiro atoms. The Balaban J connectivity index is 1.70. The predicted molar refractivity (Wildman–Crippen MR) is 90.7 cm³/mol. The van der Waals surface area contributed by atoms with Crippen molar-refractivity contribution in [3.8, 4) is 5.75 Å². The highest BCUT2D eigenvalue weighted by Crippen LogP contribution is 2.33. The second-order valence-electron chi connectivity index (χ2n) is 5.07. The molecule has 0 bridgehead atoms. The Morgan fingerprint density at radius 2 is 2.36 bits per heavy atom. The van der Waals surface area contributed by atoms with E-state index in [-0.39, 0.29) is 5.91 Å². The maximum absolute atomic E-state index is 12.3. The molecule has 0 aliphatic carbocycles. The number of ether oxygens (including phenoxy) is 1. The standard InChI is InChI=1S/C15H16ClN3O2S/c1-9-5-12(13(21-2)7-11(9)16)18-14(20)6-10-8-22-15-17-3-4-19(10)15/h5,7-8H,3-4,6H2,1-2H3,(H,18,20). The summed E-state index contributed by atoms with van der Waals surface area (Å²) in [5, 5.41) is 6.49. The lowest BCUT2D eigenvalue weighted by Gasteiger charge is -2.17.